The van der Waals surface area contributed by atoms with Crippen molar-refractivity contribution in [1.29, 1.82) is 0 Å². The normalized spacial score (nSPS) is 10.8. The number of halogens is 1. The molecule has 0 unspecified atom stereocenters. The van der Waals surface area contributed by atoms with Crippen molar-refractivity contribution in [1.82, 2.24) is 15.1 Å². The molecule has 0 saturated carbocycles. The molecule has 0 spiro atoms. The molecule has 0 fully saturated rings. The minimum Gasteiger partial charge on any atom is -0.394 e. The standard InChI is InChI=1S/C13H16ClN3O/c14-13-4-2-1-3-12(13)9-15-7-11-8-16-17(10-11)5-6-18/h1-4,8,10,15,18H,5-7,9H2. The second-order valence-electron chi connectivity index (χ2n) is 4.03. The monoisotopic (exact) mass is 265 g/mol. The maximum absolute atomic E-state index is 8.79. The summed E-state index contributed by atoms with van der Waals surface area (Å²) in [7, 11) is 0. The SMILES string of the molecule is OCCn1cc(CNCc2ccccc2Cl)cn1. The van der Waals surface area contributed by atoms with Crippen LogP contribution in [0.5, 0.6) is 0 Å². The molecular weight excluding hydrogens is 250 g/mol. The maximum Gasteiger partial charge on any atom is 0.0640 e. The summed E-state index contributed by atoms with van der Waals surface area (Å²) in [6.07, 6.45) is 3.73. The van der Waals surface area contributed by atoms with Gasteiger partial charge in [0.25, 0.3) is 0 Å². The topological polar surface area (TPSA) is 50.1 Å². The van der Waals surface area contributed by atoms with E-state index in [0.717, 1.165) is 29.2 Å². The van der Waals surface area contributed by atoms with E-state index in [1.165, 1.54) is 0 Å². The molecule has 0 aliphatic carbocycles. The van der Waals surface area contributed by atoms with E-state index in [0.29, 0.717) is 6.54 Å². The van der Waals surface area contributed by atoms with Crippen molar-refractivity contribution in [3.05, 3.63) is 52.8 Å². The van der Waals surface area contributed by atoms with Crippen molar-refractivity contribution in [2.75, 3.05) is 6.61 Å². The molecule has 1 heterocycles. The van der Waals surface area contributed by atoms with E-state index in [1.807, 2.05) is 30.5 Å². The summed E-state index contributed by atoms with van der Waals surface area (Å²) in [4.78, 5) is 0. The van der Waals surface area contributed by atoms with Gasteiger partial charge in [-0.15, -0.1) is 0 Å². The zero-order valence-corrected chi connectivity index (χ0v) is 10.8. The first-order valence-electron chi connectivity index (χ1n) is 5.86. The molecule has 1 aromatic carbocycles. The van der Waals surface area contributed by atoms with Crippen LogP contribution < -0.4 is 5.32 Å². The average Bonchev–Trinajstić information content (AvgIpc) is 2.80. The number of aliphatic hydroxyl groups excluding tert-OH is 1. The maximum atomic E-state index is 8.79. The van der Waals surface area contributed by atoms with Gasteiger partial charge in [0.2, 0.25) is 0 Å². The summed E-state index contributed by atoms with van der Waals surface area (Å²) in [6, 6.07) is 7.79. The first kappa shape index (κ1) is 13.1. The van der Waals surface area contributed by atoms with Crippen LogP contribution in [0.2, 0.25) is 5.02 Å². The molecular formula is C13H16ClN3O. The van der Waals surface area contributed by atoms with Gasteiger partial charge in [0.1, 0.15) is 0 Å². The Labute approximate surface area is 111 Å². The third-order valence-corrected chi connectivity index (χ3v) is 2.99. The van der Waals surface area contributed by atoms with Gasteiger partial charge in [0.05, 0.1) is 19.3 Å². The van der Waals surface area contributed by atoms with Gasteiger partial charge in [0, 0.05) is 29.9 Å². The number of hydrogen-bond acceptors (Lipinski definition) is 3. The second kappa shape index (κ2) is 6.54. The lowest BCUT2D eigenvalue weighted by molar-refractivity contribution is 0.269. The molecule has 18 heavy (non-hydrogen) atoms. The second-order valence-corrected chi connectivity index (χ2v) is 4.44. The van der Waals surface area contributed by atoms with Gasteiger partial charge in [0.15, 0.2) is 0 Å². The lowest BCUT2D eigenvalue weighted by atomic mass is 10.2. The number of aliphatic hydroxyl groups is 1. The van der Waals surface area contributed by atoms with E-state index in [-0.39, 0.29) is 6.61 Å². The molecule has 2 rings (SSSR count). The van der Waals surface area contributed by atoms with Gasteiger partial charge in [-0.1, -0.05) is 29.8 Å². The molecule has 0 bridgehead atoms. The molecule has 2 N–H and O–H groups in total. The Morgan fingerprint density at radius 1 is 1.28 bits per heavy atom. The molecule has 4 nitrogen and oxygen atoms in total. The molecule has 0 saturated heterocycles. The predicted octanol–water partition coefficient (Wildman–Crippen LogP) is 1.82. The summed E-state index contributed by atoms with van der Waals surface area (Å²) >= 11 is 6.07. The first-order valence-corrected chi connectivity index (χ1v) is 6.23. The van der Waals surface area contributed by atoms with Crippen LogP contribution >= 0.6 is 11.6 Å². The number of nitrogens with zero attached hydrogens (tertiary/aromatic N) is 2. The zero-order valence-electron chi connectivity index (χ0n) is 10.0. The Bertz CT molecular complexity index is 498. The van der Waals surface area contributed by atoms with E-state index in [9.17, 15) is 0 Å². The highest BCUT2D eigenvalue weighted by molar-refractivity contribution is 6.31. The summed E-state index contributed by atoms with van der Waals surface area (Å²) in [6.45, 7) is 2.10. The van der Waals surface area contributed by atoms with Crippen LogP contribution in [0.15, 0.2) is 36.7 Å². The first-order chi connectivity index (χ1) is 8.79. The van der Waals surface area contributed by atoms with E-state index >= 15 is 0 Å². The van der Waals surface area contributed by atoms with Crippen LogP contribution in [0, 0.1) is 0 Å². The molecule has 0 aliphatic rings. The number of rotatable bonds is 6. The minimum absolute atomic E-state index is 0.105. The number of hydrogen-bond donors (Lipinski definition) is 2. The molecule has 0 aliphatic heterocycles. The fourth-order valence-corrected chi connectivity index (χ4v) is 1.91. The predicted molar refractivity (Wildman–Crippen MR) is 71.3 cm³/mol. The lowest BCUT2D eigenvalue weighted by Gasteiger charge is -2.05. The largest absolute Gasteiger partial charge is 0.394 e. The van der Waals surface area contributed by atoms with E-state index in [2.05, 4.69) is 10.4 Å². The van der Waals surface area contributed by atoms with Crippen LogP contribution in [0.1, 0.15) is 11.1 Å². The van der Waals surface area contributed by atoms with Crippen molar-refractivity contribution in [3.63, 3.8) is 0 Å². The summed E-state index contributed by atoms with van der Waals surface area (Å²) in [5.41, 5.74) is 2.18. The van der Waals surface area contributed by atoms with Gasteiger partial charge >= 0.3 is 0 Å². The van der Waals surface area contributed by atoms with Crippen LogP contribution in [0.25, 0.3) is 0 Å². The summed E-state index contributed by atoms with van der Waals surface area (Å²) in [5.74, 6) is 0. The highest BCUT2D eigenvalue weighted by Gasteiger charge is 2.00. The van der Waals surface area contributed by atoms with Crippen LogP contribution in [0.4, 0.5) is 0 Å². The van der Waals surface area contributed by atoms with Crippen LogP contribution in [-0.4, -0.2) is 21.5 Å². The van der Waals surface area contributed by atoms with Crippen molar-refractivity contribution >= 4 is 11.6 Å². The number of nitrogens with one attached hydrogen (secondary N) is 1. The number of benzene rings is 1. The molecule has 0 amide bonds. The Morgan fingerprint density at radius 2 is 2.11 bits per heavy atom. The van der Waals surface area contributed by atoms with E-state index < -0.39 is 0 Å². The molecule has 1 aromatic heterocycles. The van der Waals surface area contributed by atoms with Gasteiger partial charge in [-0.3, -0.25) is 4.68 Å². The molecule has 96 valence electrons. The van der Waals surface area contributed by atoms with Crippen LogP contribution in [0.3, 0.4) is 0 Å². The molecule has 0 atom stereocenters. The Hall–Kier alpha value is -1.36. The third kappa shape index (κ3) is 3.57. The highest BCUT2D eigenvalue weighted by atomic mass is 35.5. The fourth-order valence-electron chi connectivity index (χ4n) is 1.71. The summed E-state index contributed by atoms with van der Waals surface area (Å²) in [5, 5.41) is 17.0. The fraction of sp³-hybridized carbons (Fsp3) is 0.308. The minimum atomic E-state index is 0.105. The van der Waals surface area contributed by atoms with Crippen molar-refractivity contribution in [2.24, 2.45) is 0 Å². The van der Waals surface area contributed by atoms with Gasteiger partial charge < -0.3 is 10.4 Å². The average molecular weight is 266 g/mol. The van der Waals surface area contributed by atoms with Gasteiger partial charge in [-0.2, -0.15) is 5.10 Å². The van der Waals surface area contributed by atoms with Crippen LogP contribution in [-0.2, 0) is 19.6 Å². The van der Waals surface area contributed by atoms with Crippen molar-refractivity contribution in [2.45, 2.75) is 19.6 Å². The molecule has 5 heteroatoms. The quantitative estimate of drug-likeness (QED) is 0.838. The highest BCUT2D eigenvalue weighted by Crippen LogP contribution is 2.14. The Morgan fingerprint density at radius 3 is 2.89 bits per heavy atom. The van der Waals surface area contributed by atoms with Crippen molar-refractivity contribution in [3.8, 4) is 0 Å². The third-order valence-electron chi connectivity index (χ3n) is 2.62. The molecule has 2 aromatic rings. The Kier molecular flexibility index (Phi) is 4.75. The Balaban J connectivity index is 1.83. The van der Waals surface area contributed by atoms with E-state index in [4.69, 9.17) is 16.7 Å². The van der Waals surface area contributed by atoms with Gasteiger partial charge in [-0.05, 0) is 11.6 Å². The summed E-state index contributed by atoms with van der Waals surface area (Å²) < 4.78 is 1.73. The molecule has 0 radical (unpaired) electrons. The van der Waals surface area contributed by atoms with Crippen molar-refractivity contribution < 1.29 is 5.11 Å². The smallest absolute Gasteiger partial charge is 0.0640 e. The van der Waals surface area contributed by atoms with Gasteiger partial charge in [-0.25, -0.2) is 0 Å². The number of aromatic nitrogens is 2. The lowest BCUT2D eigenvalue weighted by Crippen LogP contribution is -2.12. The van der Waals surface area contributed by atoms with E-state index in [1.54, 1.807) is 10.9 Å². The zero-order chi connectivity index (χ0) is 12.8.